The van der Waals surface area contributed by atoms with Crippen LogP contribution in [-0.2, 0) is 6.54 Å². The summed E-state index contributed by atoms with van der Waals surface area (Å²) in [5, 5.41) is 8.95. The van der Waals surface area contributed by atoms with E-state index in [9.17, 15) is 0 Å². The summed E-state index contributed by atoms with van der Waals surface area (Å²) in [5.74, 6) is 1.01. The van der Waals surface area contributed by atoms with Gasteiger partial charge in [-0.15, -0.1) is 11.8 Å². The molecule has 0 fully saturated rings. The molecule has 0 saturated heterocycles. The van der Waals surface area contributed by atoms with Crippen LogP contribution in [0.5, 0.6) is 0 Å². The zero-order valence-corrected chi connectivity index (χ0v) is 10.3. The predicted octanol–water partition coefficient (Wildman–Crippen LogP) is 2.81. The molecular formula is C13H17NOS. The van der Waals surface area contributed by atoms with E-state index in [0.717, 1.165) is 18.8 Å². The van der Waals surface area contributed by atoms with Crippen molar-refractivity contribution in [3.63, 3.8) is 0 Å². The smallest absolute Gasteiger partial charge is 0.0684 e. The van der Waals surface area contributed by atoms with Crippen LogP contribution in [0.15, 0.2) is 40.9 Å². The molecule has 0 atom stereocenters. The van der Waals surface area contributed by atoms with Crippen LogP contribution >= 0.6 is 11.8 Å². The minimum Gasteiger partial charge on any atom is -0.396 e. The van der Waals surface area contributed by atoms with Gasteiger partial charge in [-0.25, -0.2) is 0 Å². The maximum atomic E-state index is 8.95. The number of aliphatic hydroxyl groups excluding tert-OH is 1. The van der Waals surface area contributed by atoms with Gasteiger partial charge in [-0.1, -0.05) is 30.3 Å². The molecule has 0 amide bonds. The fourth-order valence-electron chi connectivity index (χ4n) is 1.86. The van der Waals surface area contributed by atoms with Gasteiger partial charge >= 0.3 is 0 Å². The Morgan fingerprint density at radius 3 is 2.75 bits per heavy atom. The van der Waals surface area contributed by atoms with E-state index in [2.05, 4.69) is 36.1 Å². The Morgan fingerprint density at radius 1 is 1.31 bits per heavy atom. The van der Waals surface area contributed by atoms with Gasteiger partial charge < -0.3 is 10.0 Å². The van der Waals surface area contributed by atoms with Crippen molar-refractivity contribution < 1.29 is 5.11 Å². The SMILES string of the molecule is CC1=C(CCO)SCN1Cc1ccccc1. The van der Waals surface area contributed by atoms with E-state index in [4.69, 9.17) is 5.11 Å². The van der Waals surface area contributed by atoms with Crippen LogP contribution in [0, 0.1) is 0 Å². The Morgan fingerprint density at radius 2 is 2.06 bits per heavy atom. The van der Waals surface area contributed by atoms with E-state index < -0.39 is 0 Å². The average Bonchev–Trinajstić information content (AvgIpc) is 2.64. The summed E-state index contributed by atoms with van der Waals surface area (Å²) >= 11 is 1.85. The summed E-state index contributed by atoms with van der Waals surface area (Å²) in [7, 11) is 0. The van der Waals surface area contributed by atoms with Gasteiger partial charge in [-0.2, -0.15) is 0 Å². The molecule has 0 spiro atoms. The summed E-state index contributed by atoms with van der Waals surface area (Å²) in [6.45, 7) is 3.36. The first kappa shape index (κ1) is 11.6. The van der Waals surface area contributed by atoms with E-state index in [1.54, 1.807) is 0 Å². The standard InChI is InChI=1S/C13H17NOS/c1-11-13(7-8-15)16-10-14(11)9-12-5-3-2-4-6-12/h2-6,15H,7-10H2,1H3. The fourth-order valence-corrected chi connectivity index (χ4v) is 3.03. The van der Waals surface area contributed by atoms with Crippen LogP contribution in [0.25, 0.3) is 0 Å². The highest BCUT2D eigenvalue weighted by Gasteiger charge is 2.18. The minimum atomic E-state index is 0.249. The molecule has 1 aliphatic rings. The monoisotopic (exact) mass is 235 g/mol. The Hall–Kier alpha value is -0.930. The van der Waals surface area contributed by atoms with Crippen molar-refractivity contribution >= 4 is 11.8 Å². The summed E-state index contributed by atoms with van der Waals surface area (Å²) in [4.78, 5) is 3.70. The number of allylic oxidation sites excluding steroid dienone is 1. The van der Waals surface area contributed by atoms with Crippen molar-refractivity contribution in [3.8, 4) is 0 Å². The molecule has 1 aromatic carbocycles. The molecule has 1 aliphatic heterocycles. The minimum absolute atomic E-state index is 0.249. The summed E-state index contributed by atoms with van der Waals surface area (Å²) in [6, 6.07) is 10.5. The Bertz CT molecular complexity index is 375. The predicted molar refractivity (Wildman–Crippen MR) is 68.8 cm³/mol. The lowest BCUT2D eigenvalue weighted by Crippen LogP contribution is -2.16. The molecular weight excluding hydrogens is 218 g/mol. The third-order valence-corrected chi connectivity index (χ3v) is 4.12. The molecule has 1 heterocycles. The first-order chi connectivity index (χ1) is 7.81. The summed E-state index contributed by atoms with van der Waals surface area (Å²) < 4.78 is 0. The molecule has 0 aromatic heterocycles. The number of benzene rings is 1. The molecule has 0 bridgehead atoms. The largest absolute Gasteiger partial charge is 0.396 e. The zero-order valence-electron chi connectivity index (χ0n) is 9.52. The van der Waals surface area contributed by atoms with Crippen LogP contribution in [0.4, 0.5) is 0 Å². The first-order valence-electron chi connectivity index (χ1n) is 5.53. The number of hydrogen-bond donors (Lipinski definition) is 1. The van der Waals surface area contributed by atoms with E-state index in [1.807, 2.05) is 17.8 Å². The number of aliphatic hydroxyl groups is 1. The summed E-state index contributed by atoms with van der Waals surface area (Å²) in [6.07, 6.45) is 0.793. The number of rotatable bonds is 4. The van der Waals surface area contributed by atoms with Crippen molar-refractivity contribution in [1.82, 2.24) is 4.90 Å². The molecule has 16 heavy (non-hydrogen) atoms. The van der Waals surface area contributed by atoms with Crippen molar-refractivity contribution in [3.05, 3.63) is 46.5 Å². The third kappa shape index (κ3) is 2.60. The molecule has 0 saturated carbocycles. The molecule has 2 rings (SSSR count). The Labute approximate surface area is 101 Å². The first-order valence-corrected chi connectivity index (χ1v) is 6.52. The molecule has 0 unspecified atom stereocenters. The Kier molecular flexibility index (Phi) is 3.91. The molecule has 86 valence electrons. The van der Waals surface area contributed by atoms with Gasteiger partial charge in [0.15, 0.2) is 0 Å². The topological polar surface area (TPSA) is 23.5 Å². The van der Waals surface area contributed by atoms with Crippen LogP contribution in [-0.4, -0.2) is 22.5 Å². The van der Waals surface area contributed by atoms with Crippen molar-refractivity contribution in [2.75, 3.05) is 12.5 Å². The van der Waals surface area contributed by atoms with Gasteiger partial charge in [-0.05, 0) is 12.5 Å². The molecule has 3 heteroatoms. The number of hydrogen-bond acceptors (Lipinski definition) is 3. The van der Waals surface area contributed by atoms with Crippen molar-refractivity contribution in [2.24, 2.45) is 0 Å². The Balaban J connectivity index is 2.02. The lowest BCUT2D eigenvalue weighted by atomic mass is 10.2. The van der Waals surface area contributed by atoms with E-state index in [-0.39, 0.29) is 6.61 Å². The van der Waals surface area contributed by atoms with Crippen molar-refractivity contribution in [1.29, 1.82) is 0 Å². The normalized spacial score (nSPS) is 16.0. The average molecular weight is 235 g/mol. The lowest BCUT2D eigenvalue weighted by Gasteiger charge is -2.19. The third-order valence-electron chi connectivity index (χ3n) is 2.83. The van der Waals surface area contributed by atoms with E-state index >= 15 is 0 Å². The van der Waals surface area contributed by atoms with Crippen molar-refractivity contribution in [2.45, 2.75) is 19.9 Å². The molecule has 0 radical (unpaired) electrons. The summed E-state index contributed by atoms with van der Waals surface area (Å²) in [5.41, 5.74) is 2.66. The van der Waals surface area contributed by atoms with Gasteiger partial charge in [0.2, 0.25) is 0 Å². The lowest BCUT2D eigenvalue weighted by molar-refractivity contribution is 0.300. The molecule has 1 aromatic rings. The number of nitrogens with zero attached hydrogens (tertiary/aromatic N) is 1. The second-order valence-corrected chi connectivity index (χ2v) is 4.98. The maximum Gasteiger partial charge on any atom is 0.0684 e. The molecule has 1 N–H and O–H groups in total. The van der Waals surface area contributed by atoms with Gasteiger partial charge in [0.25, 0.3) is 0 Å². The van der Waals surface area contributed by atoms with Crippen LogP contribution in [0.2, 0.25) is 0 Å². The highest BCUT2D eigenvalue weighted by Crippen LogP contribution is 2.34. The maximum absolute atomic E-state index is 8.95. The second kappa shape index (κ2) is 5.41. The van der Waals surface area contributed by atoms with Gasteiger partial charge in [0, 0.05) is 30.2 Å². The van der Waals surface area contributed by atoms with Gasteiger partial charge in [0.1, 0.15) is 0 Å². The number of thioether (sulfide) groups is 1. The van der Waals surface area contributed by atoms with Crippen LogP contribution < -0.4 is 0 Å². The highest BCUT2D eigenvalue weighted by molar-refractivity contribution is 8.03. The fraction of sp³-hybridized carbons (Fsp3) is 0.385. The van der Waals surface area contributed by atoms with Gasteiger partial charge in [0.05, 0.1) is 5.88 Å². The highest BCUT2D eigenvalue weighted by atomic mass is 32.2. The van der Waals surface area contributed by atoms with Crippen LogP contribution in [0.1, 0.15) is 18.9 Å². The quantitative estimate of drug-likeness (QED) is 0.868. The second-order valence-electron chi connectivity index (χ2n) is 3.94. The van der Waals surface area contributed by atoms with Crippen LogP contribution in [0.3, 0.4) is 0 Å². The van der Waals surface area contributed by atoms with E-state index in [0.29, 0.717) is 0 Å². The van der Waals surface area contributed by atoms with E-state index in [1.165, 1.54) is 16.2 Å². The molecule has 2 nitrogen and oxygen atoms in total. The zero-order chi connectivity index (χ0) is 11.4. The molecule has 0 aliphatic carbocycles. The van der Waals surface area contributed by atoms with Gasteiger partial charge in [-0.3, -0.25) is 0 Å².